The van der Waals surface area contributed by atoms with E-state index in [9.17, 15) is 4.79 Å². The summed E-state index contributed by atoms with van der Waals surface area (Å²) in [5.41, 5.74) is 9.18. The van der Waals surface area contributed by atoms with Gasteiger partial charge in [0.1, 0.15) is 0 Å². The zero-order valence-corrected chi connectivity index (χ0v) is 11.0. The maximum absolute atomic E-state index is 11.9. The number of rotatable bonds is 5. The Labute approximate surface area is 103 Å². The lowest BCUT2D eigenvalue weighted by Crippen LogP contribution is -2.25. The summed E-state index contributed by atoms with van der Waals surface area (Å²) in [4.78, 5) is 11.9. The van der Waals surface area contributed by atoms with Gasteiger partial charge >= 0.3 is 0 Å². The lowest BCUT2D eigenvalue weighted by molar-refractivity contribution is 0.0952. The van der Waals surface area contributed by atoms with E-state index >= 15 is 0 Å². The summed E-state index contributed by atoms with van der Waals surface area (Å²) in [5, 5.41) is 2.93. The van der Waals surface area contributed by atoms with Crippen LogP contribution < -0.4 is 11.1 Å². The van der Waals surface area contributed by atoms with Crippen LogP contribution in [0.25, 0.3) is 0 Å². The van der Waals surface area contributed by atoms with Gasteiger partial charge in [-0.2, -0.15) is 0 Å². The Bertz CT molecular complexity index is 399. The predicted molar refractivity (Wildman–Crippen MR) is 72.2 cm³/mol. The molecule has 0 spiro atoms. The van der Waals surface area contributed by atoms with E-state index in [1.54, 1.807) is 6.07 Å². The first-order valence-electron chi connectivity index (χ1n) is 6.21. The van der Waals surface area contributed by atoms with Gasteiger partial charge in [-0.1, -0.05) is 25.8 Å². The monoisotopic (exact) mass is 234 g/mol. The highest BCUT2D eigenvalue weighted by atomic mass is 16.1. The molecule has 1 aromatic carbocycles. The molecule has 0 unspecified atom stereocenters. The van der Waals surface area contributed by atoms with Crippen LogP contribution in [-0.4, -0.2) is 12.5 Å². The summed E-state index contributed by atoms with van der Waals surface area (Å²) < 4.78 is 0. The highest BCUT2D eigenvalue weighted by Gasteiger charge is 2.10. The number of hydrogen-bond acceptors (Lipinski definition) is 2. The fourth-order valence-electron chi connectivity index (χ4n) is 1.79. The summed E-state index contributed by atoms with van der Waals surface area (Å²) in [6, 6.07) is 3.72. The van der Waals surface area contributed by atoms with Crippen molar-refractivity contribution in [2.75, 3.05) is 12.3 Å². The summed E-state index contributed by atoms with van der Waals surface area (Å²) in [6.07, 6.45) is 3.34. The molecule has 17 heavy (non-hydrogen) atoms. The second-order valence-electron chi connectivity index (χ2n) is 4.49. The van der Waals surface area contributed by atoms with E-state index in [0.717, 1.165) is 36.9 Å². The Morgan fingerprint density at radius 1 is 1.24 bits per heavy atom. The van der Waals surface area contributed by atoms with Crippen molar-refractivity contribution in [3.05, 3.63) is 28.8 Å². The number of nitrogens with one attached hydrogen (secondary N) is 1. The normalized spacial score (nSPS) is 10.3. The number of carbonyl (C=O) groups is 1. The number of benzene rings is 1. The molecule has 3 heteroatoms. The van der Waals surface area contributed by atoms with Gasteiger partial charge in [0.25, 0.3) is 5.91 Å². The molecule has 0 saturated carbocycles. The number of anilines is 1. The van der Waals surface area contributed by atoms with Crippen molar-refractivity contribution in [1.29, 1.82) is 0 Å². The Morgan fingerprint density at radius 2 is 1.94 bits per heavy atom. The number of aryl methyl sites for hydroxylation is 2. The van der Waals surface area contributed by atoms with Gasteiger partial charge < -0.3 is 11.1 Å². The average Bonchev–Trinajstić information content (AvgIpc) is 2.29. The van der Waals surface area contributed by atoms with Gasteiger partial charge in [0.15, 0.2) is 0 Å². The minimum absolute atomic E-state index is 0.0229. The fraction of sp³-hybridized carbons (Fsp3) is 0.500. The van der Waals surface area contributed by atoms with Crippen molar-refractivity contribution in [3.63, 3.8) is 0 Å². The highest BCUT2D eigenvalue weighted by molar-refractivity contribution is 5.96. The Balaban J connectivity index is 2.66. The van der Waals surface area contributed by atoms with Crippen LogP contribution in [-0.2, 0) is 0 Å². The van der Waals surface area contributed by atoms with Gasteiger partial charge in [-0.25, -0.2) is 0 Å². The van der Waals surface area contributed by atoms with Crippen molar-refractivity contribution in [1.82, 2.24) is 5.32 Å². The van der Waals surface area contributed by atoms with Crippen LogP contribution in [0.1, 0.15) is 47.7 Å². The quantitative estimate of drug-likeness (QED) is 0.608. The minimum Gasteiger partial charge on any atom is -0.398 e. The van der Waals surface area contributed by atoms with Crippen molar-refractivity contribution in [2.45, 2.75) is 40.0 Å². The molecule has 0 aliphatic rings. The Morgan fingerprint density at radius 3 is 2.59 bits per heavy atom. The van der Waals surface area contributed by atoms with Crippen LogP contribution in [0.2, 0.25) is 0 Å². The third-order valence-electron chi connectivity index (χ3n) is 2.92. The maximum Gasteiger partial charge on any atom is 0.251 e. The van der Waals surface area contributed by atoms with Crippen LogP contribution in [0.15, 0.2) is 12.1 Å². The van der Waals surface area contributed by atoms with Gasteiger partial charge in [0.05, 0.1) is 0 Å². The third-order valence-corrected chi connectivity index (χ3v) is 2.92. The standard InChI is InChI=1S/C14H22N2O/c1-4-5-6-7-16-14(17)12-9-13(15)11(3)8-10(12)2/h8-9H,4-7,15H2,1-3H3,(H,16,17). The highest BCUT2D eigenvalue weighted by Crippen LogP contribution is 2.17. The predicted octanol–water partition coefficient (Wildman–Crippen LogP) is 2.81. The zero-order valence-electron chi connectivity index (χ0n) is 11.0. The van der Waals surface area contributed by atoms with E-state index in [-0.39, 0.29) is 5.91 Å². The first-order chi connectivity index (χ1) is 8.06. The number of nitrogen functional groups attached to an aromatic ring is 1. The number of amides is 1. The van der Waals surface area contributed by atoms with E-state index in [1.165, 1.54) is 0 Å². The molecule has 94 valence electrons. The Kier molecular flexibility index (Phi) is 5.01. The SMILES string of the molecule is CCCCCNC(=O)c1cc(N)c(C)cc1C. The van der Waals surface area contributed by atoms with Gasteiger partial charge in [-0.05, 0) is 37.5 Å². The molecule has 1 rings (SSSR count). The van der Waals surface area contributed by atoms with Crippen LogP contribution >= 0.6 is 0 Å². The smallest absolute Gasteiger partial charge is 0.251 e. The third kappa shape index (κ3) is 3.77. The minimum atomic E-state index is -0.0229. The second-order valence-corrected chi connectivity index (χ2v) is 4.49. The molecular formula is C14H22N2O. The van der Waals surface area contributed by atoms with Crippen molar-refractivity contribution in [2.24, 2.45) is 0 Å². The molecule has 0 saturated heterocycles. The fourth-order valence-corrected chi connectivity index (χ4v) is 1.79. The average molecular weight is 234 g/mol. The zero-order chi connectivity index (χ0) is 12.8. The summed E-state index contributed by atoms with van der Waals surface area (Å²) in [6.45, 7) is 6.77. The van der Waals surface area contributed by atoms with E-state index in [1.807, 2.05) is 19.9 Å². The number of hydrogen-bond donors (Lipinski definition) is 2. The van der Waals surface area contributed by atoms with E-state index in [0.29, 0.717) is 11.3 Å². The molecule has 0 aliphatic carbocycles. The second kappa shape index (κ2) is 6.28. The molecule has 1 amide bonds. The molecule has 0 radical (unpaired) electrons. The number of nitrogens with two attached hydrogens (primary N) is 1. The van der Waals surface area contributed by atoms with Crippen LogP contribution in [0, 0.1) is 13.8 Å². The van der Waals surface area contributed by atoms with Crippen molar-refractivity contribution in [3.8, 4) is 0 Å². The van der Waals surface area contributed by atoms with Gasteiger partial charge in [0, 0.05) is 17.8 Å². The maximum atomic E-state index is 11.9. The topological polar surface area (TPSA) is 55.1 Å². The first kappa shape index (κ1) is 13.6. The molecule has 0 aromatic heterocycles. The van der Waals surface area contributed by atoms with Crippen molar-refractivity contribution < 1.29 is 4.79 Å². The Hall–Kier alpha value is -1.51. The van der Waals surface area contributed by atoms with Crippen LogP contribution in [0.5, 0.6) is 0 Å². The molecule has 0 atom stereocenters. The molecular weight excluding hydrogens is 212 g/mol. The molecule has 3 N–H and O–H groups in total. The number of unbranched alkanes of at least 4 members (excludes halogenated alkanes) is 2. The summed E-state index contributed by atoms with van der Waals surface area (Å²) in [5.74, 6) is -0.0229. The molecule has 3 nitrogen and oxygen atoms in total. The lowest BCUT2D eigenvalue weighted by atomic mass is 10.0. The van der Waals surface area contributed by atoms with E-state index < -0.39 is 0 Å². The van der Waals surface area contributed by atoms with Crippen LogP contribution in [0.4, 0.5) is 5.69 Å². The van der Waals surface area contributed by atoms with Gasteiger partial charge in [0.2, 0.25) is 0 Å². The van der Waals surface area contributed by atoms with E-state index in [2.05, 4.69) is 12.2 Å². The van der Waals surface area contributed by atoms with Gasteiger partial charge in [-0.15, -0.1) is 0 Å². The molecule has 1 aromatic rings. The largest absolute Gasteiger partial charge is 0.398 e. The summed E-state index contributed by atoms with van der Waals surface area (Å²) >= 11 is 0. The van der Waals surface area contributed by atoms with E-state index in [4.69, 9.17) is 5.73 Å². The lowest BCUT2D eigenvalue weighted by Gasteiger charge is -2.10. The first-order valence-corrected chi connectivity index (χ1v) is 6.21. The number of carbonyl (C=O) groups excluding carboxylic acids is 1. The summed E-state index contributed by atoms with van der Waals surface area (Å²) in [7, 11) is 0. The molecule has 0 aliphatic heterocycles. The molecule has 0 heterocycles. The molecule has 0 bridgehead atoms. The van der Waals surface area contributed by atoms with Crippen molar-refractivity contribution >= 4 is 11.6 Å². The van der Waals surface area contributed by atoms with Gasteiger partial charge in [-0.3, -0.25) is 4.79 Å². The molecule has 0 fully saturated rings. The van der Waals surface area contributed by atoms with Crippen LogP contribution in [0.3, 0.4) is 0 Å².